The molecule has 3 aromatic carbocycles. The van der Waals surface area contributed by atoms with Crippen LogP contribution < -0.4 is 5.32 Å². The summed E-state index contributed by atoms with van der Waals surface area (Å²) in [7, 11) is 0. The van der Waals surface area contributed by atoms with Crippen LogP contribution in [-0.2, 0) is 6.42 Å². The fraction of sp³-hybridized carbons (Fsp3) is 0.179. The fourth-order valence-corrected chi connectivity index (χ4v) is 4.48. The van der Waals surface area contributed by atoms with Crippen molar-refractivity contribution in [1.82, 2.24) is 20.4 Å². The zero-order valence-electron chi connectivity index (χ0n) is 19.3. The number of hydrogen-bond donors (Lipinski definition) is 1. The first-order chi connectivity index (χ1) is 17.1. The standard InChI is InChI=1S/C28H25ClN4O2/c1-19-24(27-31-26(32-35-27)22-14-16-23(29)17-15-22)25(21-12-6-3-7-13-21)30-28(34)33(19)18-8-11-20-9-4-2-5-10-20/h2-7,9-10,12-17,25H,8,11,18H2,1H3,(H,30,34). The zero-order chi connectivity index (χ0) is 24.2. The van der Waals surface area contributed by atoms with Gasteiger partial charge in [0.05, 0.1) is 11.6 Å². The molecule has 0 aliphatic carbocycles. The molecule has 4 aromatic rings. The van der Waals surface area contributed by atoms with Crippen LogP contribution in [0.3, 0.4) is 0 Å². The minimum atomic E-state index is -0.396. The summed E-state index contributed by atoms with van der Waals surface area (Å²) in [6, 6.07) is 26.9. The third-order valence-electron chi connectivity index (χ3n) is 6.18. The summed E-state index contributed by atoms with van der Waals surface area (Å²) in [6.07, 6.45) is 1.72. The third kappa shape index (κ3) is 4.98. The predicted molar refractivity (Wildman–Crippen MR) is 137 cm³/mol. The number of aromatic nitrogens is 2. The van der Waals surface area contributed by atoms with E-state index >= 15 is 0 Å². The minimum Gasteiger partial charge on any atom is -0.334 e. The Kier molecular flexibility index (Phi) is 6.64. The monoisotopic (exact) mass is 484 g/mol. The normalized spacial score (nSPS) is 15.9. The molecule has 176 valence electrons. The van der Waals surface area contributed by atoms with Gasteiger partial charge in [-0.15, -0.1) is 0 Å². The SMILES string of the molecule is CC1=C(c2nc(-c3ccc(Cl)cc3)no2)C(c2ccccc2)NC(=O)N1CCCc1ccccc1. The lowest BCUT2D eigenvalue weighted by molar-refractivity contribution is 0.204. The fourth-order valence-electron chi connectivity index (χ4n) is 4.36. The van der Waals surface area contributed by atoms with Gasteiger partial charge in [-0.25, -0.2) is 4.79 Å². The second kappa shape index (κ2) is 10.2. The molecular formula is C28H25ClN4O2. The molecular weight excluding hydrogens is 460 g/mol. The summed E-state index contributed by atoms with van der Waals surface area (Å²) in [6.45, 7) is 2.52. The zero-order valence-corrected chi connectivity index (χ0v) is 20.1. The Labute approximate surface area is 209 Å². The molecule has 1 aliphatic heterocycles. The summed E-state index contributed by atoms with van der Waals surface area (Å²) < 4.78 is 5.74. The van der Waals surface area contributed by atoms with Gasteiger partial charge in [-0.2, -0.15) is 4.98 Å². The Morgan fingerprint density at radius 3 is 2.37 bits per heavy atom. The van der Waals surface area contributed by atoms with Gasteiger partial charge in [-0.1, -0.05) is 77.4 Å². The number of halogens is 1. The number of hydrogen-bond acceptors (Lipinski definition) is 4. The molecule has 1 aliphatic rings. The smallest absolute Gasteiger partial charge is 0.322 e. The molecule has 0 saturated carbocycles. The molecule has 5 rings (SSSR count). The van der Waals surface area contributed by atoms with E-state index in [4.69, 9.17) is 21.1 Å². The van der Waals surface area contributed by atoms with E-state index in [9.17, 15) is 4.79 Å². The van der Waals surface area contributed by atoms with Crippen molar-refractivity contribution in [3.63, 3.8) is 0 Å². The van der Waals surface area contributed by atoms with E-state index in [0.29, 0.717) is 23.3 Å². The highest BCUT2D eigenvalue weighted by Gasteiger charge is 2.35. The van der Waals surface area contributed by atoms with Gasteiger partial charge in [-0.3, -0.25) is 4.90 Å². The van der Waals surface area contributed by atoms with Crippen LogP contribution in [0.15, 0.2) is 95.1 Å². The van der Waals surface area contributed by atoms with E-state index in [1.807, 2.05) is 67.6 Å². The molecule has 0 radical (unpaired) electrons. The van der Waals surface area contributed by atoms with E-state index in [0.717, 1.165) is 35.2 Å². The summed E-state index contributed by atoms with van der Waals surface area (Å²) in [5, 5.41) is 8.00. The molecule has 1 aromatic heterocycles. The molecule has 35 heavy (non-hydrogen) atoms. The topological polar surface area (TPSA) is 71.3 Å². The number of benzene rings is 3. The van der Waals surface area contributed by atoms with Crippen molar-refractivity contribution in [1.29, 1.82) is 0 Å². The Balaban J connectivity index is 1.48. The average molecular weight is 485 g/mol. The summed E-state index contributed by atoms with van der Waals surface area (Å²) in [4.78, 5) is 19.6. The maximum Gasteiger partial charge on any atom is 0.322 e. The van der Waals surface area contributed by atoms with Crippen molar-refractivity contribution < 1.29 is 9.32 Å². The number of carbonyl (C=O) groups is 1. The van der Waals surface area contributed by atoms with Crippen molar-refractivity contribution in [2.24, 2.45) is 0 Å². The largest absolute Gasteiger partial charge is 0.334 e. The van der Waals surface area contributed by atoms with Crippen LogP contribution in [0.25, 0.3) is 17.0 Å². The lowest BCUT2D eigenvalue weighted by Gasteiger charge is -2.35. The maximum absolute atomic E-state index is 13.2. The highest BCUT2D eigenvalue weighted by Crippen LogP contribution is 2.37. The molecule has 2 heterocycles. The van der Waals surface area contributed by atoms with Crippen LogP contribution in [0, 0.1) is 0 Å². The first kappa shape index (κ1) is 22.9. The van der Waals surface area contributed by atoms with Gasteiger partial charge in [0.1, 0.15) is 0 Å². The number of urea groups is 1. The molecule has 0 spiro atoms. The number of rotatable bonds is 7. The van der Waals surface area contributed by atoms with Crippen LogP contribution in [0.2, 0.25) is 5.02 Å². The molecule has 0 bridgehead atoms. The first-order valence-electron chi connectivity index (χ1n) is 11.6. The molecule has 0 fully saturated rings. The number of aryl methyl sites for hydroxylation is 1. The van der Waals surface area contributed by atoms with Crippen molar-refractivity contribution in [2.75, 3.05) is 6.54 Å². The summed E-state index contributed by atoms with van der Waals surface area (Å²) >= 11 is 6.03. The van der Waals surface area contributed by atoms with Gasteiger partial charge < -0.3 is 9.84 Å². The van der Waals surface area contributed by atoms with Gasteiger partial charge in [0.25, 0.3) is 5.89 Å². The van der Waals surface area contributed by atoms with E-state index in [-0.39, 0.29) is 6.03 Å². The first-order valence-corrected chi connectivity index (χ1v) is 12.0. The summed E-state index contributed by atoms with van der Waals surface area (Å²) in [5.74, 6) is 0.852. The maximum atomic E-state index is 13.2. The predicted octanol–water partition coefficient (Wildman–Crippen LogP) is 6.52. The van der Waals surface area contributed by atoms with Crippen LogP contribution in [0.4, 0.5) is 4.79 Å². The molecule has 1 unspecified atom stereocenters. The van der Waals surface area contributed by atoms with Crippen LogP contribution in [-0.4, -0.2) is 27.6 Å². The van der Waals surface area contributed by atoms with E-state index in [1.165, 1.54) is 5.56 Å². The molecule has 1 N–H and O–H groups in total. The number of nitrogens with zero attached hydrogens (tertiary/aromatic N) is 3. The Morgan fingerprint density at radius 1 is 0.971 bits per heavy atom. The van der Waals surface area contributed by atoms with Gasteiger partial charge in [0.2, 0.25) is 5.82 Å². The third-order valence-corrected chi connectivity index (χ3v) is 6.43. The van der Waals surface area contributed by atoms with Gasteiger partial charge >= 0.3 is 6.03 Å². The molecule has 0 saturated heterocycles. The lowest BCUT2D eigenvalue weighted by atomic mass is 9.94. The Hall–Kier alpha value is -3.90. The molecule has 2 amide bonds. The second-order valence-electron chi connectivity index (χ2n) is 8.46. The number of amides is 2. The lowest BCUT2D eigenvalue weighted by Crippen LogP contribution is -2.46. The van der Waals surface area contributed by atoms with E-state index in [1.54, 1.807) is 17.0 Å². The number of nitrogens with one attached hydrogen (secondary N) is 1. The van der Waals surface area contributed by atoms with Crippen LogP contribution in [0.5, 0.6) is 0 Å². The number of allylic oxidation sites excluding steroid dienone is 1. The van der Waals surface area contributed by atoms with Crippen LogP contribution >= 0.6 is 11.6 Å². The van der Waals surface area contributed by atoms with Gasteiger partial charge in [0.15, 0.2) is 0 Å². The second-order valence-corrected chi connectivity index (χ2v) is 8.90. The van der Waals surface area contributed by atoms with Crippen LogP contribution in [0.1, 0.15) is 36.4 Å². The van der Waals surface area contributed by atoms with Crippen molar-refractivity contribution in [2.45, 2.75) is 25.8 Å². The van der Waals surface area contributed by atoms with Gasteiger partial charge in [0, 0.05) is 22.8 Å². The van der Waals surface area contributed by atoms with Crippen molar-refractivity contribution in [3.8, 4) is 11.4 Å². The Bertz CT molecular complexity index is 1330. The highest BCUT2D eigenvalue weighted by atomic mass is 35.5. The highest BCUT2D eigenvalue weighted by molar-refractivity contribution is 6.30. The average Bonchev–Trinajstić information content (AvgIpc) is 3.37. The van der Waals surface area contributed by atoms with E-state index < -0.39 is 6.04 Å². The number of carbonyl (C=O) groups excluding carboxylic acids is 1. The molecule has 1 atom stereocenters. The van der Waals surface area contributed by atoms with Crippen molar-refractivity contribution >= 4 is 23.2 Å². The van der Waals surface area contributed by atoms with Crippen molar-refractivity contribution in [3.05, 3.63) is 113 Å². The summed E-state index contributed by atoms with van der Waals surface area (Å²) in [5.41, 5.74) is 4.60. The molecule has 7 heteroatoms. The van der Waals surface area contributed by atoms with Gasteiger partial charge in [-0.05, 0) is 55.2 Å². The quantitative estimate of drug-likeness (QED) is 0.324. The van der Waals surface area contributed by atoms with E-state index in [2.05, 4.69) is 22.6 Å². The Morgan fingerprint density at radius 2 is 1.66 bits per heavy atom. The minimum absolute atomic E-state index is 0.134. The molecule has 6 nitrogen and oxygen atoms in total.